The molecule has 14 heteroatoms. The fourth-order valence-corrected chi connectivity index (χ4v) is 8.91. The summed E-state index contributed by atoms with van der Waals surface area (Å²) in [6, 6.07) is 3.42. The van der Waals surface area contributed by atoms with Crippen LogP contribution in [0.1, 0.15) is 55.1 Å². The Morgan fingerprint density at radius 1 is 1.12 bits per heavy atom. The molecule has 232 valence electrons. The lowest BCUT2D eigenvalue weighted by Crippen LogP contribution is -2.44. The van der Waals surface area contributed by atoms with Crippen molar-refractivity contribution < 1.29 is 31.9 Å². The van der Waals surface area contributed by atoms with E-state index in [0.29, 0.717) is 60.6 Å². The topological polar surface area (TPSA) is 127 Å². The fraction of sp³-hybridized carbons (Fsp3) is 0.517. The van der Waals surface area contributed by atoms with Gasteiger partial charge in [0.15, 0.2) is 10.8 Å². The van der Waals surface area contributed by atoms with E-state index in [-0.39, 0.29) is 53.2 Å². The maximum absolute atomic E-state index is 14.5. The molecular formula is C29H34ClFN4O6S2. The molecule has 10 nitrogen and oxygen atoms in total. The summed E-state index contributed by atoms with van der Waals surface area (Å²) in [4.78, 5) is 34.2. The lowest BCUT2D eigenvalue weighted by Gasteiger charge is -2.37. The number of rotatable bonds is 8. The molecule has 43 heavy (non-hydrogen) atoms. The first-order valence-corrected chi connectivity index (χ1v) is 17.1. The van der Waals surface area contributed by atoms with Gasteiger partial charge in [-0.3, -0.25) is 9.79 Å². The monoisotopic (exact) mass is 652 g/mol. The van der Waals surface area contributed by atoms with Crippen molar-refractivity contribution in [1.82, 2.24) is 14.6 Å². The molecule has 0 radical (unpaired) electrons. The van der Waals surface area contributed by atoms with Gasteiger partial charge in [0.25, 0.3) is 0 Å². The molecule has 2 fully saturated rings. The minimum absolute atomic E-state index is 0.00823. The average Bonchev–Trinajstić information content (AvgIpc) is 3.57. The lowest BCUT2D eigenvalue weighted by molar-refractivity contribution is -0.146. The Morgan fingerprint density at radius 2 is 1.84 bits per heavy atom. The quantitative estimate of drug-likeness (QED) is 0.414. The number of methoxy groups -OCH3 is 2. The number of aliphatic imine (C=N–C) groups is 1. The van der Waals surface area contributed by atoms with Gasteiger partial charge < -0.3 is 14.8 Å². The van der Waals surface area contributed by atoms with Gasteiger partial charge in [-0.05, 0) is 50.5 Å². The van der Waals surface area contributed by atoms with Crippen LogP contribution >= 0.6 is 22.9 Å². The zero-order valence-electron chi connectivity index (χ0n) is 23.9. The van der Waals surface area contributed by atoms with Crippen LogP contribution in [0.2, 0.25) is 5.02 Å². The summed E-state index contributed by atoms with van der Waals surface area (Å²) >= 11 is 7.74. The van der Waals surface area contributed by atoms with Crippen LogP contribution in [0.3, 0.4) is 0 Å². The highest BCUT2D eigenvalue weighted by molar-refractivity contribution is 7.89. The summed E-state index contributed by atoms with van der Waals surface area (Å²) < 4.78 is 52.9. The number of piperidine rings is 1. The van der Waals surface area contributed by atoms with Gasteiger partial charge in [-0.15, -0.1) is 11.3 Å². The van der Waals surface area contributed by atoms with Gasteiger partial charge in [-0.1, -0.05) is 23.7 Å². The Bertz CT molecular complexity index is 1520. The number of esters is 2. The van der Waals surface area contributed by atoms with E-state index in [1.54, 1.807) is 17.6 Å². The highest BCUT2D eigenvalue weighted by atomic mass is 35.5. The second kappa shape index (κ2) is 13.4. The number of aromatic nitrogens is 1. The molecule has 1 atom stereocenters. The SMILES string of the molecule is COC(=O)C1=C(C2CCN(S(=O)(=O)CC3CCC(C(=O)OC)CC3)CC2)NC(c2nccs2)=NC1c1cccc(F)c1Cl. The fourth-order valence-electron chi connectivity index (χ4n) is 6.18. The molecule has 1 saturated heterocycles. The largest absolute Gasteiger partial charge is 0.469 e. The second-order valence-electron chi connectivity index (χ2n) is 11.0. The first kappa shape index (κ1) is 31.6. The van der Waals surface area contributed by atoms with Gasteiger partial charge in [0.2, 0.25) is 10.0 Å². The molecule has 1 saturated carbocycles. The zero-order valence-corrected chi connectivity index (χ0v) is 26.3. The number of amidine groups is 1. The van der Waals surface area contributed by atoms with E-state index in [2.05, 4.69) is 10.3 Å². The molecule has 2 aromatic rings. The molecule has 5 rings (SSSR count). The van der Waals surface area contributed by atoms with Crippen molar-refractivity contribution in [3.63, 3.8) is 0 Å². The van der Waals surface area contributed by atoms with E-state index >= 15 is 0 Å². The van der Waals surface area contributed by atoms with Crippen molar-refractivity contribution >= 4 is 50.7 Å². The highest BCUT2D eigenvalue weighted by Crippen LogP contribution is 2.41. The molecule has 3 aliphatic rings. The number of carbonyl (C=O) groups excluding carboxylic acids is 2. The number of nitrogens with one attached hydrogen (secondary N) is 1. The maximum atomic E-state index is 14.5. The molecule has 1 N–H and O–H groups in total. The third-order valence-corrected chi connectivity index (χ3v) is 11.7. The molecule has 0 spiro atoms. The summed E-state index contributed by atoms with van der Waals surface area (Å²) in [7, 11) is -0.884. The third-order valence-electron chi connectivity index (χ3n) is 8.47. The molecule has 1 aromatic carbocycles. The van der Waals surface area contributed by atoms with E-state index in [1.807, 2.05) is 0 Å². The van der Waals surface area contributed by atoms with Crippen LogP contribution in [-0.2, 0) is 29.1 Å². The Balaban J connectivity index is 1.37. The first-order chi connectivity index (χ1) is 20.6. The summed E-state index contributed by atoms with van der Waals surface area (Å²) in [6.07, 6.45) is 5.13. The van der Waals surface area contributed by atoms with E-state index in [4.69, 9.17) is 26.1 Å². The number of sulfonamides is 1. The van der Waals surface area contributed by atoms with E-state index < -0.39 is 27.9 Å². The van der Waals surface area contributed by atoms with Gasteiger partial charge in [0, 0.05) is 41.8 Å². The van der Waals surface area contributed by atoms with E-state index in [0.717, 1.165) is 0 Å². The van der Waals surface area contributed by atoms with Crippen LogP contribution in [0.25, 0.3) is 0 Å². The second-order valence-corrected chi connectivity index (χ2v) is 14.3. The van der Waals surface area contributed by atoms with Crippen molar-refractivity contribution in [2.75, 3.05) is 33.1 Å². The number of halogens is 2. The van der Waals surface area contributed by atoms with Crippen molar-refractivity contribution in [1.29, 1.82) is 0 Å². The van der Waals surface area contributed by atoms with Crippen LogP contribution in [0.4, 0.5) is 4.39 Å². The number of thiazole rings is 1. The molecule has 3 heterocycles. The Morgan fingerprint density at radius 3 is 2.47 bits per heavy atom. The van der Waals surface area contributed by atoms with Crippen LogP contribution in [0.15, 0.2) is 46.0 Å². The number of carbonyl (C=O) groups is 2. The highest BCUT2D eigenvalue weighted by Gasteiger charge is 2.39. The minimum atomic E-state index is -3.53. The summed E-state index contributed by atoms with van der Waals surface area (Å²) in [6.45, 7) is 0.554. The number of hydrogen-bond donors (Lipinski definition) is 1. The molecule has 0 bridgehead atoms. The number of allylic oxidation sites excluding steroid dienone is 1. The smallest absolute Gasteiger partial charge is 0.338 e. The van der Waals surface area contributed by atoms with Crippen LogP contribution in [0.5, 0.6) is 0 Å². The van der Waals surface area contributed by atoms with Crippen LogP contribution in [-0.4, -0.2) is 68.5 Å². The molecule has 1 aliphatic carbocycles. The first-order valence-electron chi connectivity index (χ1n) is 14.2. The van der Waals surface area contributed by atoms with E-state index in [1.165, 1.54) is 42.0 Å². The average molecular weight is 653 g/mol. The van der Waals surface area contributed by atoms with Crippen LogP contribution in [0, 0.1) is 23.6 Å². The zero-order chi connectivity index (χ0) is 30.7. The summed E-state index contributed by atoms with van der Waals surface area (Å²) in [5, 5.41) is 5.54. The van der Waals surface area contributed by atoms with Crippen molar-refractivity contribution in [2.24, 2.45) is 22.7 Å². The van der Waals surface area contributed by atoms with Crippen molar-refractivity contribution in [3.8, 4) is 0 Å². The summed E-state index contributed by atoms with van der Waals surface area (Å²) in [5.74, 6) is -1.43. The van der Waals surface area contributed by atoms with E-state index in [9.17, 15) is 22.4 Å². The van der Waals surface area contributed by atoms with Crippen LogP contribution < -0.4 is 5.32 Å². The van der Waals surface area contributed by atoms with Gasteiger partial charge in [-0.25, -0.2) is 26.9 Å². The molecule has 0 amide bonds. The summed E-state index contributed by atoms with van der Waals surface area (Å²) in [5.41, 5.74) is 1.08. The predicted molar refractivity (Wildman–Crippen MR) is 161 cm³/mol. The van der Waals surface area contributed by atoms with Gasteiger partial charge in [0.05, 0.1) is 36.5 Å². The standard InChI is InChI=1S/C29H34ClFN4O6S2/c1-40-28(36)19-8-6-17(7-9-19)16-43(38,39)35-13-10-18(11-14-35)24-22(29(37)41-2)25(20-4-3-5-21(31)23(20)30)34-26(33-24)27-32-12-15-42-27/h3-5,12,15,17-19,25H,6-11,13-14,16H2,1-2H3,(H,33,34). The normalized spacial score (nSPS) is 23.8. The van der Waals surface area contributed by atoms with Crippen molar-refractivity contribution in [2.45, 2.75) is 44.6 Å². The predicted octanol–water partition coefficient (Wildman–Crippen LogP) is 4.48. The van der Waals surface area contributed by atoms with Gasteiger partial charge in [-0.2, -0.15) is 0 Å². The molecule has 1 aromatic heterocycles. The third kappa shape index (κ3) is 6.79. The number of benzene rings is 1. The van der Waals surface area contributed by atoms with Gasteiger partial charge >= 0.3 is 11.9 Å². The maximum Gasteiger partial charge on any atom is 0.338 e. The number of nitrogens with zero attached hydrogens (tertiary/aromatic N) is 3. The number of hydrogen-bond acceptors (Lipinski definition) is 10. The minimum Gasteiger partial charge on any atom is -0.469 e. The molecule has 1 unspecified atom stereocenters. The van der Waals surface area contributed by atoms with Gasteiger partial charge in [0.1, 0.15) is 11.9 Å². The molecular weight excluding hydrogens is 619 g/mol. The Hall–Kier alpha value is -2.87. The lowest BCUT2D eigenvalue weighted by atomic mass is 9.83. The van der Waals surface area contributed by atoms with Crippen molar-refractivity contribution in [3.05, 3.63) is 62.5 Å². The Kier molecular flexibility index (Phi) is 9.84. The molecule has 2 aliphatic heterocycles. The number of ether oxygens (including phenoxy) is 2. The Labute approximate surface area is 259 Å².